The smallest absolute Gasteiger partial charge is 0.258 e. The van der Waals surface area contributed by atoms with Crippen molar-refractivity contribution in [1.82, 2.24) is 0 Å². The molecule has 1 amide bonds. The Bertz CT molecular complexity index is 793. The molecule has 18 heavy (non-hydrogen) atoms. The van der Waals surface area contributed by atoms with Gasteiger partial charge in [-0.2, -0.15) is 0 Å². The summed E-state index contributed by atoms with van der Waals surface area (Å²) in [5, 5.41) is 1.61. The molecule has 92 valence electrons. The number of carbonyl (C=O) groups excluding carboxylic acids is 1. The average molecular weight is 261 g/mol. The fraction of sp³-hybridized carbons (Fsp3) is 0.154. The molecule has 0 aromatic heterocycles. The molecule has 5 heteroatoms. The van der Waals surface area contributed by atoms with Crippen molar-refractivity contribution in [2.45, 2.75) is 4.90 Å². The van der Waals surface area contributed by atoms with Crippen LogP contribution in [0.2, 0.25) is 0 Å². The highest BCUT2D eigenvalue weighted by Gasteiger charge is 2.28. The van der Waals surface area contributed by atoms with Crippen LogP contribution in [0, 0.1) is 0 Å². The number of nitrogens with zero attached hydrogens (tertiary/aromatic N) is 1. The minimum absolute atomic E-state index is 0.160. The van der Waals surface area contributed by atoms with Gasteiger partial charge in [0, 0.05) is 18.7 Å². The van der Waals surface area contributed by atoms with Crippen molar-refractivity contribution in [1.29, 1.82) is 0 Å². The Morgan fingerprint density at radius 1 is 1.17 bits per heavy atom. The highest BCUT2D eigenvalue weighted by Crippen LogP contribution is 2.37. The summed E-state index contributed by atoms with van der Waals surface area (Å²) in [6, 6.07) is 8.58. The van der Waals surface area contributed by atoms with Gasteiger partial charge in [0.1, 0.15) is 0 Å². The van der Waals surface area contributed by atoms with Crippen LogP contribution in [-0.2, 0) is 9.84 Å². The third-order valence-electron chi connectivity index (χ3n) is 3.25. The van der Waals surface area contributed by atoms with Crippen LogP contribution in [0.4, 0.5) is 5.69 Å². The molecule has 0 saturated carbocycles. The Morgan fingerprint density at radius 3 is 2.56 bits per heavy atom. The topological polar surface area (TPSA) is 54.5 Å². The number of benzene rings is 2. The third-order valence-corrected chi connectivity index (χ3v) is 4.34. The van der Waals surface area contributed by atoms with Crippen LogP contribution < -0.4 is 4.90 Å². The van der Waals surface area contributed by atoms with Gasteiger partial charge in [-0.3, -0.25) is 4.79 Å². The highest BCUT2D eigenvalue weighted by molar-refractivity contribution is 7.90. The molecule has 1 heterocycles. The van der Waals surface area contributed by atoms with Gasteiger partial charge in [0.05, 0.1) is 16.1 Å². The summed E-state index contributed by atoms with van der Waals surface area (Å²) >= 11 is 0. The first-order chi connectivity index (χ1) is 8.39. The molecular weight excluding hydrogens is 250 g/mol. The van der Waals surface area contributed by atoms with Crippen LogP contribution in [0.25, 0.3) is 10.8 Å². The van der Waals surface area contributed by atoms with E-state index >= 15 is 0 Å². The quantitative estimate of drug-likeness (QED) is 0.787. The van der Waals surface area contributed by atoms with Crippen molar-refractivity contribution < 1.29 is 13.2 Å². The summed E-state index contributed by atoms with van der Waals surface area (Å²) in [6.07, 6.45) is 1.15. The molecule has 0 atom stereocenters. The van der Waals surface area contributed by atoms with E-state index in [0.29, 0.717) is 5.56 Å². The fourth-order valence-corrected chi connectivity index (χ4v) is 3.01. The lowest BCUT2D eigenvalue weighted by atomic mass is 10.1. The molecule has 0 fully saturated rings. The molecular formula is C13H11NO3S. The van der Waals surface area contributed by atoms with E-state index in [0.717, 1.165) is 22.7 Å². The van der Waals surface area contributed by atoms with Crippen LogP contribution in [0.1, 0.15) is 10.4 Å². The van der Waals surface area contributed by atoms with E-state index in [2.05, 4.69) is 0 Å². The molecule has 3 rings (SSSR count). The van der Waals surface area contributed by atoms with Crippen molar-refractivity contribution in [3.05, 3.63) is 35.9 Å². The molecule has 1 aliphatic rings. The lowest BCUT2D eigenvalue weighted by molar-refractivity contribution is 0.0999. The largest absolute Gasteiger partial charge is 0.311 e. The van der Waals surface area contributed by atoms with Crippen LogP contribution in [0.3, 0.4) is 0 Å². The highest BCUT2D eigenvalue weighted by atomic mass is 32.2. The number of amides is 1. The molecule has 0 radical (unpaired) electrons. The van der Waals surface area contributed by atoms with Gasteiger partial charge in [0.15, 0.2) is 9.84 Å². The second kappa shape index (κ2) is 3.32. The molecule has 2 aromatic rings. The Labute approximate surface area is 105 Å². The second-order valence-corrected chi connectivity index (χ2v) is 6.50. The first-order valence-corrected chi connectivity index (χ1v) is 7.33. The number of anilines is 1. The van der Waals surface area contributed by atoms with Crippen LogP contribution in [-0.4, -0.2) is 27.6 Å². The zero-order valence-electron chi connectivity index (χ0n) is 9.97. The number of hydrogen-bond donors (Lipinski definition) is 0. The van der Waals surface area contributed by atoms with E-state index in [1.165, 1.54) is 6.07 Å². The van der Waals surface area contributed by atoms with Crippen LogP contribution >= 0.6 is 0 Å². The van der Waals surface area contributed by atoms with Crippen molar-refractivity contribution in [3.8, 4) is 0 Å². The summed E-state index contributed by atoms with van der Waals surface area (Å²) in [7, 11) is -1.62. The molecule has 4 nitrogen and oxygen atoms in total. The molecule has 0 aliphatic carbocycles. The van der Waals surface area contributed by atoms with E-state index < -0.39 is 9.84 Å². The number of sulfone groups is 1. The molecule has 2 aromatic carbocycles. The average Bonchev–Trinajstić information content (AvgIpc) is 2.56. The van der Waals surface area contributed by atoms with Gasteiger partial charge in [0.25, 0.3) is 5.91 Å². The summed E-state index contributed by atoms with van der Waals surface area (Å²) in [5.41, 5.74) is 1.29. The maximum Gasteiger partial charge on any atom is 0.258 e. The minimum atomic E-state index is -3.32. The standard InChI is InChI=1S/C13H11NO3S/c1-14-11-5-3-4-8-6-9(18(2,16)17)7-10(12(8)11)13(14)15/h3-7H,1-2H3. The normalized spacial score (nSPS) is 14.6. The molecule has 1 aliphatic heterocycles. The Balaban J connectivity index is 2.48. The van der Waals surface area contributed by atoms with E-state index in [9.17, 15) is 13.2 Å². The van der Waals surface area contributed by atoms with Gasteiger partial charge >= 0.3 is 0 Å². The summed E-state index contributed by atoms with van der Waals surface area (Å²) in [4.78, 5) is 13.8. The van der Waals surface area contributed by atoms with Crippen molar-refractivity contribution >= 4 is 32.2 Å². The van der Waals surface area contributed by atoms with Crippen molar-refractivity contribution in [3.63, 3.8) is 0 Å². The molecule has 0 unspecified atom stereocenters. The Morgan fingerprint density at radius 2 is 1.89 bits per heavy atom. The molecule has 0 spiro atoms. The van der Waals surface area contributed by atoms with Gasteiger partial charge in [-0.15, -0.1) is 0 Å². The zero-order valence-corrected chi connectivity index (χ0v) is 10.8. The Hall–Kier alpha value is -1.88. The van der Waals surface area contributed by atoms with Gasteiger partial charge in [0.2, 0.25) is 0 Å². The van der Waals surface area contributed by atoms with Gasteiger partial charge < -0.3 is 4.90 Å². The maximum atomic E-state index is 12.1. The van der Waals surface area contributed by atoms with Crippen molar-refractivity contribution in [2.75, 3.05) is 18.2 Å². The first-order valence-electron chi connectivity index (χ1n) is 5.44. The van der Waals surface area contributed by atoms with E-state index in [1.807, 2.05) is 18.2 Å². The minimum Gasteiger partial charge on any atom is -0.311 e. The summed E-state index contributed by atoms with van der Waals surface area (Å²) in [6.45, 7) is 0. The van der Waals surface area contributed by atoms with Crippen LogP contribution in [0.15, 0.2) is 35.2 Å². The number of rotatable bonds is 1. The second-order valence-electron chi connectivity index (χ2n) is 4.48. The SMILES string of the molecule is CN1C(=O)c2cc(S(C)(=O)=O)cc3cccc1c23. The van der Waals surface area contributed by atoms with Gasteiger partial charge in [-0.05, 0) is 23.6 Å². The summed E-state index contributed by atoms with van der Waals surface area (Å²) in [5.74, 6) is -0.160. The zero-order chi connectivity index (χ0) is 13.1. The Kier molecular flexibility index (Phi) is 2.07. The van der Waals surface area contributed by atoms with E-state index in [4.69, 9.17) is 0 Å². The van der Waals surface area contributed by atoms with E-state index in [-0.39, 0.29) is 10.8 Å². The van der Waals surface area contributed by atoms with E-state index in [1.54, 1.807) is 18.0 Å². The predicted octanol–water partition coefficient (Wildman–Crippen LogP) is 1.83. The maximum absolute atomic E-state index is 12.1. The predicted molar refractivity (Wildman–Crippen MR) is 69.8 cm³/mol. The molecule has 0 N–H and O–H groups in total. The van der Waals surface area contributed by atoms with Crippen molar-refractivity contribution in [2.24, 2.45) is 0 Å². The lowest BCUT2D eigenvalue weighted by Gasteiger charge is -2.08. The number of hydrogen-bond acceptors (Lipinski definition) is 3. The molecule has 0 saturated heterocycles. The fourth-order valence-electron chi connectivity index (χ4n) is 2.33. The van der Waals surface area contributed by atoms with Crippen LogP contribution in [0.5, 0.6) is 0 Å². The summed E-state index contributed by atoms with van der Waals surface area (Å²) < 4.78 is 23.3. The van der Waals surface area contributed by atoms with Gasteiger partial charge in [-0.1, -0.05) is 12.1 Å². The third kappa shape index (κ3) is 1.37. The first kappa shape index (κ1) is 11.2. The van der Waals surface area contributed by atoms with Gasteiger partial charge in [-0.25, -0.2) is 8.42 Å². The lowest BCUT2D eigenvalue weighted by Crippen LogP contribution is -2.20. The molecule has 0 bridgehead atoms. The monoisotopic (exact) mass is 261 g/mol. The number of carbonyl (C=O) groups is 1.